The highest BCUT2D eigenvalue weighted by molar-refractivity contribution is 7.99. The maximum Gasteiger partial charge on any atom is 0.316 e. The molecule has 0 spiro atoms. The van der Waals surface area contributed by atoms with Crippen LogP contribution in [0, 0.1) is 0 Å². The van der Waals surface area contributed by atoms with Crippen LogP contribution in [0.4, 0.5) is 5.69 Å². The zero-order chi connectivity index (χ0) is 20.9. The molecule has 1 amide bonds. The topological polar surface area (TPSA) is 77.3 Å². The van der Waals surface area contributed by atoms with Gasteiger partial charge in [-0.2, -0.15) is 0 Å². The molecular weight excluding hydrogens is 420 g/mol. The molecule has 156 valence electrons. The number of carbonyl (C=O) groups is 2. The summed E-state index contributed by atoms with van der Waals surface area (Å²) in [7, 11) is 0. The predicted octanol–water partition coefficient (Wildman–Crippen LogP) is 3.64. The van der Waals surface area contributed by atoms with Crippen LogP contribution in [0.2, 0.25) is 0 Å². The molecule has 2 aromatic heterocycles. The Morgan fingerprint density at radius 1 is 1.20 bits per heavy atom. The molecule has 0 saturated heterocycles. The lowest BCUT2D eigenvalue weighted by Crippen LogP contribution is -2.38. The molecule has 1 aromatic carbocycles. The number of benzene rings is 1. The third-order valence-electron chi connectivity index (χ3n) is 4.86. The number of esters is 1. The lowest BCUT2D eigenvalue weighted by molar-refractivity contribution is -0.145. The van der Waals surface area contributed by atoms with Crippen molar-refractivity contribution in [1.82, 2.24) is 14.8 Å². The Bertz CT molecular complexity index is 1030. The molecule has 1 aliphatic rings. The van der Waals surface area contributed by atoms with E-state index >= 15 is 0 Å². The molecular formula is C21H22N4O3S2. The second-order valence-electron chi connectivity index (χ2n) is 6.75. The molecule has 0 fully saturated rings. The Hall–Kier alpha value is -2.65. The third-order valence-corrected chi connectivity index (χ3v) is 6.67. The average Bonchev–Trinajstić information content (AvgIpc) is 3.44. The first kappa shape index (κ1) is 20.6. The van der Waals surface area contributed by atoms with Crippen molar-refractivity contribution in [2.75, 3.05) is 23.8 Å². The van der Waals surface area contributed by atoms with Gasteiger partial charge in [0.05, 0.1) is 10.6 Å². The van der Waals surface area contributed by atoms with Gasteiger partial charge in [-0.25, -0.2) is 0 Å². The maximum atomic E-state index is 12.6. The van der Waals surface area contributed by atoms with Crippen LogP contribution in [0.5, 0.6) is 0 Å². The summed E-state index contributed by atoms with van der Waals surface area (Å²) in [5.41, 5.74) is 2.07. The molecule has 0 saturated carbocycles. The van der Waals surface area contributed by atoms with E-state index in [1.807, 2.05) is 53.3 Å². The summed E-state index contributed by atoms with van der Waals surface area (Å²) in [5, 5.41) is 11.1. The first-order valence-electron chi connectivity index (χ1n) is 9.81. The molecule has 0 unspecified atom stereocenters. The second kappa shape index (κ2) is 9.44. The van der Waals surface area contributed by atoms with Crippen molar-refractivity contribution in [3.8, 4) is 10.7 Å². The Balaban J connectivity index is 1.32. The number of para-hydroxylation sites is 1. The summed E-state index contributed by atoms with van der Waals surface area (Å²) in [4.78, 5) is 27.5. The van der Waals surface area contributed by atoms with Gasteiger partial charge in [0.1, 0.15) is 0 Å². The van der Waals surface area contributed by atoms with E-state index in [9.17, 15) is 9.59 Å². The number of ether oxygens (including phenoxy) is 1. The van der Waals surface area contributed by atoms with Crippen LogP contribution in [0.15, 0.2) is 46.9 Å². The van der Waals surface area contributed by atoms with Crippen molar-refractivity contribution in [3.63, 3.8) is 0 Å². The number of nitrogens with zero attached hydrogens (tertiary/aromatic N) is 4. The Labute approximate surface area is 183 Å². The summed E-state index contributed by atoms with van der Waals surface area (Å²) in [6.07, 6.45) is 1.87. The van der Waals surface area contributed by atoms with Crippen molar-refractivity contribution in [2.45, 2.75) is 31.5 Å². The third kappa shape index (κ3) is 4.41. The molecule has 3 aromatic rings. The fourth-order valence-corrected chi connectivity index (χ4v) is 4.96. The zero-order valence-corrected chi connectivity index (χ0v) is 18.2. The first-order chi connectivity index (χ1) is 14.7. The van der Waals surface area contributed by atoms with Crippen LogP contribution >= 0.6 is 23.1 Å². The van der Waals surface area contributed by atoms with Gasteiger partial charge >= 0.3 is 5.97 Å². The zero-order valence-electron chi connectivity index (χ0n) is 16.6. The Morgan fingerprint density at radius 2 is 2.07 bits per heavy atom. The number of carbonyl (C=O) groups excluding carboxylic acids is 2. The second-order valence-corrected chi connectivity index (χ2v) is 8.64. The summed E-state index contributed by atoms with van der Waals surface area (Å²) in [6.45, 7) is 3.10. The average molecular weight is 443 g/mol. The Morgan fingerprint density at radius 3 is 2.87 bits per heavy atom. The van der Waals surface area contributed by atoms with Gasteiger partial charge < -0.3 is 14.2 Å². The fraction of sp³-hybridized carbons (Fsp3) is 0.333. The number of thioether (sulfide) groups is 1. The number of fused-ring (bicyclic) bond motifs is 1. The normalized spacial score (nSPS) is 13.2. The van der Waals surface area contributed by atoms with Gasteiger partial charge in [-0.3, -0.25) is 9.59 Å². The van der Waals surface area contributed by atoms with Crippen LogP contribution < -0.4 is 4.90 Å². The number of hydrogen-bond acceptors (Lipinski definition) is 7. The van der Waals surface area contributed by atoms with Crippen molar-refractivity contribution in [2.24, 2.45) is 0 Å². The standard InChI is InChI=1S/C21H22N4O3S2/c1-2-24-20(17-10-6-12-29-17)22-23-21(24)30-14-19(27)28-13-18(26)25-11-5-8-15-7-3-4-9-16(15)25/h3-4,6-7,9-10,12H,2,5,8,11,13-14H2,1H3. The van der Waals surface area contributed by atoms with Crippen LogP contribution in [0.3, 0.4) is 0 Å². The van der Waals surface area contributed by atoms with Crippen LogP contribution in [-0.4, -0.2) is 45.5 Å². The quantitative estimate of drug-likeness (QED) is 0.411. The molecule has 0 bridgehead atoms. The summed E-state index contributed by atoms with van der Waals surface area (Å²) in [6, 6.07) is 11.8. The van der Waals surface area contributed by atoms with Crippen molar-refractivity contribution in [1.29, 1.82) is 0 Å². The van der Waals surface area contributed by atoms with Crippen molar-refractivity contribution < 1.29 is 14.3 Å². The smallest absolute Gasteiger partial charge is 0.316 e. The van der Waals surface area contributed by atoms with Crippen molar-refractivity contribution in [3.05, 3.63) is 47.3 Å². The molecule has 0 atom stereocenters. The predicted molar refractivity (Wildman–Crippen MR) is 118 cm³/mol. The minimum Gasteiger partial charge on any atom is -0.455 e. The molecule has 4 rings (SSSR count). The van der Waals surface area contributed by atoms with E-state index in [1.165, 1.54) is 11.8 Å². The highest BCUT2D eigenvalue weighted by atomic mass is 32.2. The van der Waals surface area contributed by atoms with E-state index in [2.05, 4.69) is 10.2 Å². The number of rotatable bonds is 7. The maximum absolute atomic E-state index is 12.6. The van der Waals surface area contributed by atoms with Gasteiger partial charge in [-0.05, 0) is 42.8 Å². The van der Waals surface area contributed by atoms with Crippen LogP contribution in [0.1, 0.15) is 18.9 Å². The molecule has 0 radical (unpaired) electrons. The van der Waals surface area contributed by atoms with Gasteiger partial charge in [0.2, 0.25) is 0 Å². The number of amides is 1. The molecule has 3 heterocycles. The Kier molecular flexibility index (Phi) is 6.49. The molecule has 30 heavy (non-hydrogen) atoms. The summed E-state index contributed by atoms with van der Waals surface area (Å²) in [5.74, 6) is 0.230. The number of aryl methyl sites for hydroxylation is 1. The minimum absolute atomic E-state index is 0.0758. The van der Waals surface area contributed by atoms with E-state index in [0.717, 1.165) is 34.8 Å². The van der Waals surface area contributed by atoms with E-state index in [1.54, 1.807) is 16.2 Å². The van der Waals surface area contributed by atoms with Crippen molar-refractivity contribution >= 4 is 40.7 Å². The number of anilines is 1. The van der Waals surface area contributed by atoms with E-state index in [0.29, 0.717) is 18.2 Å². The lowest BCUT2D eigenvalue weighted by Gasteiger charge is -2.29. The fourth-order valence-electron chi connectivity index (χ4n) is 3.45. The number of hydrogen-bond donors (Lipinski definition) is 0. The number of thiophene rings is 1. The van der Waals surface area contributed by atoms with E-state index in [-0.39, 0.29) is 18.3 Å². The van der Waals surface area contributed by atoms with Gasteiger partial charge in [0.15, 0.2) is 17.6 Å². The van der Waals surface area contributed by atoms with Gasteiger partial charge in [-0.15, -0.1) is 21.5 Å². The summed E-state index contributed by atoms with van der Waals surface area (Å²) < 4.78 is 7.21. The van der Waals surface area contributed by atoms with Gasteiger partial charge in [0.25, 0.3) is 5.91 Å². The molecule has 0 N–H and O–H groups in total. The van der Waals surface area contributed by atoms with Crippen LogP contribution in [0.25, 0.3) is 10.7 Å². The summed E-state index contributed by atoms with van der Waals surface area (Å²) >= 11 is 2.87. The first-order valence-corrected chi connectivity index (χ1v) is 11.7. The van der Waals surface area contributed by atoms with E-state index in [4.69, 9.17) is 4.74 Å². The van der Waals surface area contributed by atoms with E-state index < -0.39 is 5.97 Å². The molecule has 0 aliphatic carbocycles. The van der Waals surface area contributed by atoms with Crippen LogP contribution in [-0.2, 0) is 27.3 Å². The minimum atomic E-state index is -0.443. The lowest BCUT2D eigenvalue weighted by atomic mass is 10.0. The highest BCUT2D eigenvalue weighted by Crippen LogP contribution is 2.28. The molecule has 9 heteroatoms. The van der Waals surface area contributed by atoms with Gasteiger partial charge in [0, 0.05) is 18.8 Å². The molecule has 7 nitrogen and oxygen atoms in total. The highest BCUT2D eigenvalue weighted by Gasteiger charge is 2.23. The monoisotopic (exact) mass is 442 g/mol. The molecule has 1 aliphatic heterocycles. The SMILES string of the molecule is CCn1c(SCC(=O)OCC(=O)N2CCCc3ccccc32)nnc1-c1cccs1. The van der Waals surface area contributed by atoms with Gasteiger partial charge in [-0.1, -0.05) is 36.0 Å². The largest absolute Gasteiger partial charge is 0.455 e. The number of aromatic nitrogens is 3.